The molecule has 1 aromatic carbocycles. The molecule has 0 spiro atoms. The van der Waals surface area contributed by atoms with E-state index in [1.807, 2.05) is 0 Å². The van der Waals surface area contributed by atoms with E-state index in [2.05, 4.69) is 9.71 Å². The number of nitrogens with one attached hydrogen (secondary N) is 1. The summed E-state index contributed by atoms with van der Waals surface area (Å²) in [4.78, 5) is 14.8. The van der Waals surface area contributed by atoms with Crippen LogP contribution in [-0.2, 0) is 14.8 Å². The van der Waals surface area contributed by atoms with Gasteiger partial charge in [0.1, 0.15) is 5.84 Å². The third kappa shape index (κ3) is 2.35. The molecule has 1 heterocycles. The first-order valence-corrected chi connectivity index (χ1v) is 6.80. The number of benzene rings is 1. The fraction of sp³-hybridized carbons (Fsp3) is 0.273. The van der Waals surface area contributed by atoms with Crippen LogP contribution in [0.5, 0.6) is 0 Å². The van der Waals surface area contributed by atoms with E-state index in [0.717, 1.165) is 0 Å². The van der Waals surface area contributed by atoms with Crippen LogP contribution in [-0.4, -0.2) is 31.4 Å². The summed E-state index contributed by atoms with van der Waals surface area (Å²) in [6.45, 7) is 1.62. The molecule has 1 atom stereocenters. The highest BCUT2D eigenvalue weighted by atomic mass is 32.2. The first-order chi connectivity index (χ1) is 8.40. The molecule has 0 amide bonds. The standard InChI is InChI=1S/C11H12N2O4S/c1-7(6-10(14)15)12-11-8-4-2-3-5-9(8)18(16,17)13-11/h2-5,7H,6H2,1H3,(H,12,13)(H,14,15)/t7-/m0/s1. The normalized spacial score (nSPS) is 20.2. The van der Waals surface area contributed by atoms with Crippen LogP contribution in [0.1, 0.15) is 18.9 Å². The first kappa shape index (κ1) is 12.6. The molecular formula is C11H12N2O4S. The molecule has 0 fully saturated rings. The Morgan fingerprint density at radius 3 is 2.78 bits per heavy atom. The molecule has 96 valence electrons. The Morgan fingerprint density at radius 1 is 1.44 bits per heavy atom. The molecule has 1 aliphatic rings. The van der Waals surface area contributed by atoms with Gasteiger partial charge in [-0.25, -0.2) is 8.42 Å². The number of carboxylic acids is 1. The van der Waals surface area contributed by atoms with E-state index >= 15 is 0 Å². The highest BCUT2D eigenvalue weighted by Gasteiger charge is 2.30. The number of aliphatic imine (C=N–C) groups is 1. The minimum absolute atomic E-state index is 0.145. The predicted octanol–water partition coefficient (Wildman–Crippen LogP) is 0.588. The molecule has 0 saturated carbocycles. The van der Waals surface area contributed by atoms with Gasteiger partial charge in [-0.2, -0.15) is 0 Å². The van der Waals surface area contributed by atoms with Gasteiger partial charge >= 0.3 is 5.97 Å². The summed E-state index contributed by atoms with van der Waals surface area (Å²) in [5, 5.41) is 8.65. The average molecular weight is 268 g/mol. The van der Waals surface area contributed by atoms with Gasteiger partial charge in [-0.05, 0) is 19.1 Å². The van der Waals surface area contributed by atoms with Crippen molar-refractivity contribution >= 4 is 21.8 Å². The Hall–Kier alpha value is -1.89. The lowest BCUT2D eigenvalue weighted by Crippen LogP contribution is -2.24. The van der Waals surface area contributed by atoms with Crippen LogP contribution in [0.4, 0.5) is 0 Å². The molecule has 0 bridgehead atoms. The van der Waals surface area contributed by atoms with Crippen LogP contribution in [0.3, 0.4) is 0 Å². The zero-order chi connectivity index (χ0) is 13.3. The second-order valence-corrected chi connectivity index (χ2v) is 5.68. The topological polar surface area (TPSA) is 95.8 Å². The van der Waals surface area contributed by atoms with Gasteiger partial charge in [0.2, 0.25) is 0 Å². The molecule has 6 nitrogen and oxygen atoms in total. The minimum atomic E-state index is -3.56. The van der Waals surface area contributed by atoms with Crippen LogP contribution in [0.15, 0.2) is 34.2 Å². The fourth-order valence-electron chi connectivity index (χ4n) is 1.75. The van der Waals surface area contributed by atoms with Crippen molar-refractivity contribution in [2.24, 2.45) is 4.99 Å². The lowest BCUT2D eigenvalue weighted by Gasteiger charge is -2.04. The average Bonchev–Trinajstić information content (AvgIpc) is 2.50. The molecule has 0 radical (unpaired) electrons. The van der Waals surface area contributed by atoms with Crippen LogP contribution in [0, 0.1) is 0 Å². The molecule has 18 heavy (non-hydrogen) atoms. The van der Waals surface area contributed by atoms with Gasteiger partial charge in [-0.1, -0.05) is 12.1 Å². The van der Waals surface area contributed by atoms with Crippen LogP contribution >= 0.6 is 0 Å². The summed E-state index contributed by atoms with van der Waals surface area (Å²) < 4.78 is 25.8. The number of carbonyl (C=O) groups is 1. The van der Waals surface area contributed by atoms with Crippen molar-refractivity contribution in [3.63, 3.8) is 0 Å². The van der Waals surface area contributed by atoms with E-state index in [4.69, 9.17) is 5.11 Å². The zero-order valence-corrected chi connectivity index (χ0v) is 10.4. The second-order valence-electron chi connectivity index (χ2n) is 4.03. The number of fused-ring (bicyclic) bond motifs is 1. The SMILES string of the molecule is C[C@@H](CC(=O)O)N=C1NS(=O)(=O)c2ccccc21. The number of hydrogen-bond acceptors (Lipinski definition) is 4. The number of sulfonamides is 1. The summed E-state index contributed by atoms with van der Waals surface area (Å²) in [5.41, 5.74) is 0.481. The Kier molecular flexibility index (Phi) is 3.08. The lowest BCUT2D eigenvalue weighted by atomic mass is 10.2. The summed E-state index contributed by atoms with van der Waals surface area (Å²) in [7, 11) is -3.56. The number of rotatable bonds is 3. The third-order valence-electron chi connectivity index (χ3n) is 2.48. The monoisotopic (exact) mass is 268 g/mol. The lowest BCUT2D eigenvalue weighted by molar-refractivity contribution is -0.137. The van der Waals surface area contributed by atoms with Crippen LogP contribution in [0.2, 0.25) is 0 Å². The summed E-state index contributed by atoms with van der Waals surface area (Å²) in [6, 6.07) is 5.97. The Bertz CT molecular complexity index is 622. The highest BCUT2D eigenvalue weighted by molar-refractivity contribution is 7.90. The fourth-order valence-corrected chi connectivity index (χ4v) is 2.99. The van der Waals surface area contributed by atoms with Gasteiger partial charge in [0.15, 0.2) is 0 Å². The maximum absolute atomic E-state index is 11.8. The van der Waals surface area contributed by atoms with E-state index in [0.29, 0.717) is 5.56 Å². The summed E-state index contributed by atoms with van der Waals surface area (Å²) >= 11 is 0. The molecule has 0 saturated heterocycles. The van der Waals surface area contributed by atoms with E-state index < -0.39 is 22.0 Å². The molecule has 0 aliphatic carbocycles. The van der Waals surface area contributed by atoms with E-state index in [-0.39, 0.29) is 17.2 Å². The van der Waals surface area contributed by atoms with E-state index in [1.54, 1.807) is 25.1 Å². The smallest absolute Gasteiger partial charge is 0.305 e. The molecule has 2 N–H and O–H groups in total. The second kappa shape index (κ2) is 4.41. The highest BCUT2D eigenvalue weighted by Crippen LogP contribution is 2.22. The largest absolute Gasteiger partial charge is 0.481 e. The van der Waals surface area contributed by atoms with Crippen LogP contribution < -0.4 is 4.72 Å². The van der Waals surface area contributed by atoms with Gasteiger partial charge in [0.05, 0.1) is 17.4 Å². The maximum atomic E-state index is 11.8. The number of carboxylic acid groups (broad SMARTS) is 1. The van der Waals surface area contributed by atoms with Crippen molar-refractivity contribution in [3.05, 3.63) is 29.8 Å². The van der Waals surface area contributed by atoms with Crippen molar-refractivity contribution in [2.45, 2.75) is 24.3 Å². The van der Waals surface area contributed by atoms with Crippen molar-refractivity contribution in [1.29, 1.82) is 0 Å². The maximum Gasteiger partial charge on any atom is 0.305 e. The van der Waals surface area contributed by atoms with Gasteiger partial charge in [0.25, 0.3) is 10.0 Å². The van der Waals surface area contributed by atoms with Gasteiger partial charge in [-0.3, -0.25) is 14.5 Å². The van der Waals surface area contributed by atoms with Crippen molar-refractivity contribution in [2.75, 3.05) is 0 Å². The van der Waals surface area contributed by atoms with E-state index in [1.165, 1.54) is 6.07 Å². The summed E-state index contributed by atoms with van der Waals surface area (Å²) in [6.07, 6.45) is -0.145. The Labute approximate surface area is 104 Å². The molecule has 2 rings (SSSR count). The zero-order valence-electron chi connectivity index (χ0n) is 9.62. The number of aliphatic carboxylic acids is 1. The molecule has 1 aliphatic heterocycles. The van der Waals surface area contributed by atoms with Gasteiger partial charge < -0.3 is 5.11 Å². The van der Waals surface area contributed by atoms with Crippen molar-refractivity contribution < 1.29 is 18.3 Å². The minimum Gasteiger partial charge on any atom is -0.481 e. The predicted molar refractivity (Wildman–Crippen MR) is 65.0 cm³/mol. The molecule has 7 heteroatoms. The Balaban J connectivity index is 2.39. The molecule has 0 aromatic heterocycles. The van der Waals surface area contributed by atoms with Gasteiger partial charge in [-0.15, -0.1) is 0 Å². The van der Waals surface area contributed by atoms with Crippen molar-refractivity contribution in [1.82, 2.24) is 4.72 Å². The van der Waals surface area contributed by atoms with Crippen molar-refractivity contribution in [3.8, 4) is 0 Å². The van der Waals surface area contributed by atoms with E-state index in [9.17, 15) is 13.2 Å². The third-order valence-corrected chi connectivity index (χ3v) is 3.88. The number of nitrogens with zero attached hydrogens (tertiary/aromatic N) is 1. The quantitative estimate of drug-likeness (QED) is 0.838. The molecule has 1 aromatic rings. The number of hydrogen-bond donors (Lipinski definition) is 2. The Morgan fingerprint density at radius 2 is 2.11 bits per heavy atom. The van der Waals surface area contributed by atoms with Crippen LogP contribution in [0.25, 0.3) is 0 Å². The summed E-state index contributed by atoms with van der Waals surface area (Å²) in [5.74, 6) is -0.764. The molecular weight excluding hydrogens is 256 g/mol. The van der Waals surface area contributed by atoms with Gasteiger partial charge in [0, 0.05) is 5.56 Å². The molecule has 0 unspecified atom stereocenters. The first-order valence-electron chi connectivity index (χ1n) is 5.32. The number of amidine groups is 1.